The Kier molecular flexibility index (Phi) is 4.23. The first-order valence-electron chi connectivity index (χ1n) is 7.36. The van der Waals surface area contributed by atoms with Gasteiger partial charge in [-0.05, 0) is 43.9 Å². The van der Waals surface area contributed by atoms with Gasteiger partial charge in [0.15, 0.2) is 0 Å². The molecule has 1 aliphatic carbocycles. The largest absolute Gasteiger partial charge is 0.335 e. The van der Waals surface area contributed by atoms with E-state index in [1.54, 1.807) is 18.2 Å². The van der Waals surface area contributed by atoms with Gasteiger partial charge in [-0.3, -0.25) is 9.59 Å². The predicted molar refractivity (Wildman–Crippen MR) is 82.9 cm³/mol. The van der Waals surface area contributed by atoms with Crippen molar-refractivity contribution in [3.8, 4) is 0 Å². The molecule has 2 fully saturated rings. The smallest absolute Gasteiger partial charge is 0.254 e. The summed E-state index contributed by atoms with van der Waals surface area (Å²) in [4.78, 5) is 26.6. The van der Waals surface area contributed by atoms with E-state index in [4.69, 9.17) is 23.2 Å². The van der Waals surface area contributed by atoms with Gasteiger partial charge in [-0.25, -0.2) is 0 Å². The van der Waals surface area contributed by atoms with Crippen LogP contribution in [-0.2, 0) is 4.79 Å². The van der Waals surface area contributed by atoms with Crippen molar-refractivity contribution in [2.24, 2.45) is 5.92 Å². The lowest BCUT2D eigenvalue weighted by Gasteiger charge is -2.28. The molecule has 3 nitrogen and oxygen atoms in total. The number of ketones is 1. The molecule has 2 atom stereocenters. The molecular weight excluding hydrogens is 309 g/mol. The van der Waals surface area contributed by atoms with Gasteiger partial charge in [0.2, 0.25) is 0 Å². The maximum absolute atomic E-state index is 12.7. The maximum Gasteiger partial charge on any atom is 0.254 e. The number of nitrogens with zero attached hydrogens (tertiary/aromatic N) is 1. The molecule has 1 aromatic rings. The van der Waals surface area contributed by atoms with Crippen LogP contribution in [0.15, 0.2) is 18.2 Å². The van der Waals surface area contributed by atoms with Crippen molar-refractivity contribution < 1.29 is 9.59 Å². The van der Waals surface area contributed by atoms with Gasteiger partial charge in [-0.1, -0.05) is 23.2 Å². The maximum atomic E-state index is 12.7. The summed E-state index contributed by atoms with van der Waals surface area (Å²) in [7, 11) is 0. The molecule has 112 valence electrons. The number of likely N-dealkylation sites (tertiary alicyclic amines) is 1. The quantitative estimate of drug-likeness (QED) is 0.825. The van der Waals surface area contributed by atoms with Crippen LogP contribution < -0.4 is 0 Å². The van der Waals surface area contributed by atoms with E-state index in [0.29, 0.717) is 34.4 Å². The van der Waals surface area contributed by atoms with Crippen molar-refractivity contribution in [3.05, 3.63) is 33.8 Å². The summed E-state index contributed by atoms with van der Waals surface area (Å²) in [6.45, 7) is 0.706. The van der Waals surface area contributed by atoms with Crippen LogP contribution in [0.5, 0.6) is 0 Å². The van der Waals surface area contributed by atoms with E-state index in [-0.39, 0.29) is 17.9 Å². The number of benzene rings is 1. The van der Waals surface area contributed by atoms with Gasteiger partial charge in [-0.2, -0.15) is 0 Å². The van der Waals surface area contributed by atoms with Crippen molar-refractivity contribution in [2.45, 2.75) is 38.1 Å². The minimum atomic E-state index is -0.0680. The van der Waals surface area contributed by atoms with Gasteiger partial charge in [0.05, 0.1) is 0 Å². The summed E-state index contributed by atoms with van der Waals surface area (Å²) >= 11 is 12.0. The highest BCUT2D eigenvalue weighted by Gasteiger charge is 2.40. The molecule has 21 heavy (non-hydrogen) atoms. The Bertz CT molecular complexity index is 567. The molecule has 1 amide bonds. The molecule has 2 unspecified atom stereocenters. The molecule has 1 heterocycles. The minimum Gasteiger partial charge on any atom is -0.335 e. The van der Waals surface area contributed by atoms with Crippen LogP contribution in [0.3, 0.4) is 0 Å². The molecule has 5 heteroatoms. The van der Waals surface area contributed by atoms with Crippen LogP contribution in [0.1, 0.15) is 42.5 Å². The standard InChI is InChI=1S/C16H17Cl2NO2/c17-11-7-10(8-12(18)9-11)16(21)19-6-2-4-14(19)13-3-1-5-15(13)20/h7-9,13-14H,1-6H2. The van der Waals surface area contributed by atoms with E-state index in [2.05, 4.69) is 0 Å². The molecule has 0 aromatic heterocycles. The second-order valence-corrected chi connectivity index (χ2v) is 6.70. The second kappa shape index (κ2) is 5.98. The summed E-state index contributed by atoms with van der Waals surface area (Å²) in [6.07, 6.45) is 4.38. The zero-order valence-corrected chi connectivity index (χ0v) is 13.2. The van der Waals surface area contributed by atoms with E-state index in [0.717, 1.165) is 25.7 Å². The number of rotatable bonds is 2. The number of hydrogen-bond acceptors (Lipinski definition) is 2. The van der Waals surface area contributed by atoms with Crippen LogP contribution in [0.25, 0.3) is 0 Å². The Morgan fingerprint density at radius 1 is 1.10 bits per heavy atom. The minimum absolute atomic E-state index is 0.0195. The van der Waals surface area contributed by atoms with Crippen LogP contribution in [-0.4, -0.2) is 29.2 Å². The van der Waals surface area contributed by atoms with Gasteiger partial charge in [0, 0.05) is 40.5 Å². The first-order valence-corrected chi connectivity index (χ1v) is 8.11. The summed E-state index contributed by atoms with van der Waals surface area (Å²) in [5, 5.41) is 0.914. The van der Waals surface area contributed by atoms with Crippen LogP contribution in [0.2, 0.25) is 10.0 Å². The topological polar surface area (TPSA) is 37.4 Å². The Balaban J connectivity index is 1.84. The predicted octanol–water partition coefficient (Wildman–Crippen LogP) is 3.97. The number of Topliss-reactive ketones (excluding diaryl/α,β-unsaturated/α-hetero) is 1. The van der Waals surface area contributed by atoms with Crippen molar-refractivity contribution in [1.82, 2.24) is 4.90 Å². The Morgan fingerprint density at radius 2 is 1.81 bits per heavy atom. The summed E-state index contributed by atoms with van der Waals surface area (Å²) < 4.78 is 0. The van der Waals surface area contributed by atoms with E-state index >= 15 is 0 Å². The molecule has 3 rings (SSSR count). The van der Waals surface area contributed by atoms with Crippen molar-refractivity contribution in [2.75, 3.05) is 6.54 Å². The van der Waals surface area contributed by atoms with Crippen LogP contribution in [0, 0.1) is 5.92 Å². The van der Waals surface area contributed by atoms with Gasteiger partial charge >= 0.3 is 0 Å². The fraction of sp³-hybridized carbons (Fsp3) is 0.500. The summed E-state index contributed by atoms with van der Waals surface area (Å²) in [6, 6.07) is 4.94. The van der Waals surface area contributed by atoms with Gasteiger partial charge in [0.25, 0.3) is 5.91 Å². The van der Waals surface area contributed by atoms with Crippen molar-refractivity contribution in [1.29, 1.82) is 0 Å². The molecule has 1 aliphatic heterocycles. The first-order chi connectivity index (χ1) is 10.1. The third-order valence-electron chi connectivity index (χ3n) is 4.49. The number of amides is 1. The molecule has 2 aliphatic rings. The third kappa shape index (κ3) is 2.95. The SMILES string of the molecule is O=C1CCCC1C1CCCN1C(=O)c1cc(Cl)cc(Cl)c1. The Labute approximate surface area is 134 Å². The highest BCUT2D eigenvalue weighted by molar-refractivity contribution is 6.35. The third-order valence-corrected chi connectivity index (χ3v) is 4.92. The highest BCUT2D eigenvalue weighted by Crippen LogP contribution is 2.34. The number of hydrogen-bond donors (Lipinski definition) is 0. The van der Waals surface area contributed by atoms with Crippen molar-refractivity contribution >= 4 is 34.9 Å². The summed E-state index contributed by atoms with van der Waals surface area (Å²) in [5.74, 6) is 0.261. The number of carbonyl (C=O) groups is 2. The fourth-order valence-corrected chi connectivity index (χ4v) is 4.08. The number of halogens is 2. The zero-order chi connectivity index (χ0) is 15.0. The van der Waals surface area contributed by atoms with E-state index < -0.39 is 0 Å². The van der Waals surface area contributed by atoms with E-state index in [9.17, 15) is 9.59 Å². The summed E-state index contributed by atoms with van der Waals surface area (Å²) in [5.41, 5.74) is 0.504. The lowest BCUT2D eigenvalue weighted by molar-refractivity contribution is -0.121. The first kappa shape index (κ1) is 14.9. The fourth-order valence-electron chi connectivity index (χ4n) is 3.56. The molecule has 1 aromatic carbocycles. The normalized spacial score (nSPS) is 25.6. The average Bonchev–Trinajstić information content (AvgIpc) is 3.04. The molecule has 0 radical (unpaired) electrons. The van der Waals surface area contributed by atoms with Gasteiger partial charge < -0.3 is 4.90 Å². The lowest BCUT2D eigenvalue weighted by Crippen LogP contribution is -2.41. The highest BCUT2D eigenvalue weighted by atomic mass is 35.5. The second-order valence-electron chi connectivity index (χ2n) is 5.83. The molecule has 0 bridgehead atoms. The Morgan fingerprint density at radius 3 is 2.43 bits per heavy atom. The van der Waals surface area contributed by atoms with Gasteiger partial charge in [-0.15, -0.1) is 0 Å². The number of carbonyl (C=O) groups excluding carboxylic acids is 2. The molecular formula is C16H17Cl2NO2. The lowest BCUT2D eigenvalue weighted by atomic mass is 9.94. The van der Waals surface area contributed by atoms with E-state index in [1.165, 1.54) is 0 Å². The molecule has 0 N–H and O–H groups in total. The molecule has 1 saturated carbocycles. The Hall–Kier alpha value is -1.06. The average molecular weight is 326 g/mol. The van der Waals surface area contributed by atoms with Crippen LogP contribution in [0.4, 0.5) is 0 Å². The van der Waals surface area contributed by atoms with Crippen LogP contribution >= 0.6 is 23.2 Å². The molecule has 0 spiro atoms. The van der Waals surface area contributed by atoms with Crippen molar-refractivity contribution in [3.63, 3.8) is 0 Å². The van der Waals surface area contributed by atoms with Gasteiger partial charge in [0.1, 0.15) is 5.78 Å². The monoisotopic (exact) mass is 325 g/mol. The van der Waals surface area contributed by atoms with E-state index in [1.807, 2.05) is 4.90 Å². The molecule has 1 saturated heterocycles. The zero-order valence-electron chi connectivity index (χ0n) is 11.6.